The lowest BCUT2D eigenvalue weighted by Gasteiger charge is -2.19. The van der Waals surface area contributed by atoms with Crippen molar-refractivity contribution in [2.45, 2.75) is 20.0 Å². The van der Waals surface area contributed by atoms with E-state index in [0.717, 1.165) is 11.4 Å². The molecule has 0 aliphatic carbocycles. The largest absolute Gasteiger partial charge is 0.489 e. The number of fused-ring (bicyclic) bond motifs is 1. The Bertz CT molecular complexity index is 746. The number of amides is 1. The van der Waals surface area contributed by atoms with Gasteiger partial charge >= 0.3 is 0 Å². The smallest absolute Gasteiger partial charge is 0.243 e. The van der Waals surface area contributed by atoms with E-state index in [-0.39, 0.29) is 18.6 Å². The quantitative estimate of drug-likeness (QED) is 0.843. The van der Waals surface area contributed by atoms with Crippen LogP contribution in [0, 0.1) is 0 Å². The number of rotatable bonds is 6. The normalized spacial score (nSPS) is 12.6. The van der Waals surface area contributed by atoms with Gasteiger partial charge in [-0.15, -0.1) is 0 Å². The number of hydrogen-bond acceptors (Lipinski definition) is 5. The van der Waals surface area contributed by atoms with Crippen molar-refractivity contribution in [2.75, 3.05) is 30.4 Å². The van der Waals surface area contributed by atoms with Gasteiger partial charge < -0.3 is 24.8 Å². The van der Waals surface area contributed by atoms with Crippen molar-refractivity contribution in [3.8, 4) is 17.2 Å². The number of ether oxygens (including phenoxy) is 3. The molecule has 0 atom stereocenters. The lowest BCUT2D eigenvalue weighted by molar-refractivity contribution is -0.114. The molecule has 6 nitrogen and oxygen atoms in total. The van der Waals surface area contributed by atoms with Gasteiger partial charge in [0, 0.05) is 11.8 Å². The van der Waals surface area contributed by atoms with E-state index in [9.17, 15) is 4.79 Å². The van der Waals surface area contributed by atoms with Gasteiger partial charge in [0.15, 0.2) is 11.5 Å². The van der Waals surface area contributed by atoms with Crippen molar-refractivity contribution in [1.29, 1.82) is 0 Å². The third-order valence-electron chi connectivity index (χ3n) is 3.52. The second kappa shape index (κ2) is 7.79. The Hall–Kier alpha value is -2.89. The second-order valence-electron chi connectivity index (χ2n) is 5.92. The molecule has 1 amide bonds. The molecule has 0 saturated carbocycles. The average Bonchev–Trinajstić information content (AvgIpc) is 2.61. The molecule has 2 aromatic carbocycles. The predicted octanol–water partition coefficient (Wildman–Crippen LogP) is 3.30. The van der Waals surface area contributed by atoms with Crippen molar-refractivity contribution in [1.82, 2.24) is 0 Å². The van der Waals surface area contributed by atoms with Crippen LogP contribution in [0.15, 0.2) is 42.5 Å². The molecule has 1 heterocycles. The summed E-state index contributed by atoms with van der Waals surface area (Å²) in [6, 6.07) is 12.9. The number of hydrogen-bond donors (Lipinski definition) is 2. The van der Waals surface area contributed by atoms with Gasteiger partial charge in [0.25, 0.3) is 0 Å². The Morgan fingerprint density at radius 2 is 1.88 bits per heavy atom. The van der Waals surface area contributed by atoms with Crippen LogP contribution in [-0.2, 0) is 4.79 Å². The standard InChI is InChI=1S/C19H22N2O4/c1-13(2)25-16-6-4-3-5-15(16)21-19(22)12-20-14-7-8-17-18(11-14)24-10-9-23-17/h3-8,11,13,20H,9-10,12H2,1-2H3,(H,21,22). The molecule has 0 aromatic heterocycles. The molecule has 1 aliphatic heterocycles. The molecule has 6 heteroatoms. The van der Waals surface area contributed by atoms with Gasteiger partial charge in [0.1, 0.15) is 19.0 Å². The van der Waals surface area contributed by atoms with Gasteiger partial charge in [-0.1, -0.05) is 12.1 Å². The highest BCUT2D eigenvalue weighted by Gasteiger charge is 2.13. The summed E-state index contributed by atoms with van der Waals surface area (Å²) >= 11 is 0. The van der Waals surface area contributed by atoms with Gasteiger partial charge in [-0.25, -0.2) is 0 Å². The molecule has 0 saturated heterocycles. The molecule has 2 N–H and O–H groups in total. The molecule has 0 radical (unpaired) electrons. The van der Waals surface area contributed by atoms with Crippen molar-refractivity contribution in [3.05, 3.63) is 42.5 Å². The van der Waals surface area contributed by atoms with Crippen LogP contribution in [-0.4, -0.2) is 31.8 Å². The number of benzene rings is 2. The molecular formula is C19H22N2O4. The van der Waals surface area contributed by atoms with E-state index >= 15 is 0 Å². The fourth-order valence-electron chi connectivity index (χ4n) is 2.46. The van der Waals surface area contributed by atoms with E-state index in [1.165, 1.54) is 0 Å². The van der Waals surface area contributed by atoms with Gasteiger partial charge in [-0.05, 0) is 38.1 Å². The van der Waals surface area contributed by atoms with Gasteiger partial charge in [-0.2, -0.15) is 0 Å². The summed E-state index contributed by atoms with van der Waals surface area (Å²) in [5, 5.41) is 5.95. The Morgan fingerprint density at radius 3 is 2.68 bits per heavy atom. The molecule has 2 aromatic rings. The fourth-order valence-corrected chi connectivity index (χ4v) is 2.46. The minimum atomic E-state index is -0.158. The highest BCUT2D eigenvalue weighted by atomic mass is 16.6. The maximum absolute atomic E-state index is 12.2. The maximum atomic E-state index is 12.2. The minimum Gasteiger partial charge on any atom is -0.489 e. The van der Waals surface area contributed by atoms with Crippen LogP contribution in [0.2, 0.25) is 0 Å². The summed E-state index contributed by atoms with van der Waals surface area (Å²) in [5.74, 6) is 1.91. The van der Waals surface area contributed by atoms with E-state index in [1.807, 2.05) is 56.3 Å². The molecule has 0 unspecified atom stereocenters. The Morgan fingerprint density at radius 1 is 1.12 bits per heavy atom. The first kappa shape index (κ1) is 17.0. The lowest BCUT2D eigenvalue weighted by atomic mass is 10.2. The van der Waals surface area contributed by atoms with Crippen molar-refractivity contribution >= 4 is 17.3 Å². The van der Waals surface area contributed by atoms with Crippen molar-refractivity contribution in [2.24, 2.45) is 0 Å². The van der Waals surface area contributed by atoms with Crippen molar-refractivity contribution in [3.63, 3.8) is 0 Å². The van der Waals surface area contributed by atoms with Crippen LogP contribution < -0.4 is 24.8 Å². The van der Waals surface area contributed by atoms with E-state index < -0.39 is 0 Å². The first-order valence-corrected chi connectivity index (χ1v) is 8.31. The summed E-state index contributed by atoms with van der Waals surface area (Å²) in [7, 11) is 0. The first-order valence-electron chi connectivity index (χ1n) is 8.31. The molecule has 0 spiro atoms. The number of carbonyl (C=O) groups is 1. The van der Waals surface area contributed by atoms with Gasteiger partial charge in [-0.3, -0.25) is 4.79 Å². The highest BCUT2D eigenvalue weighted by molar-refractivity contribution is 5.95. The summed E-state index contributed by atoms with van der Waals surface area (Å²) in [6.07, 6.45) is 0.0360. The summed E-state index contributed by atoms with van der Waals surface area (Å²) < 4.78 is 16.7. The Labute approximate surface area is 147 Å². The zero-order valence-corrected chi connectivity index (χ0v) is 14.4. The third-order valence-corrected chi connectivity index (χ3v) is 3.52. The molecule has 132 valence electrons. The molecular weight excluding hydrogens is 320 g/mol. The Balaban J connectivity index is 1.58. The minimum absolute atomic E-state index is 0.0360. The zero-order valence-electron chi connectivity index (χ0n) is 14.4. The first-order chi connectivity index (χ1) is 12.1. The molecule has 1 aliphatic rings. The van der Waals surface area contributed by atoms with Crippen LogP contribution in [0.1, 0.15) is 13.8 Å². The average molecular weight is 342 g/mol. The topological polar surface area (TPSA) is 68.8 Å². The predicted molar refractivity (Wildman–Crippen MR) is 96.8 cm³/mol. The van der Waals surface area contributed by atoms with E-state index in [1.54, 1.807) is 0 Å². The molecule has 0 fully saturated rings. The lowest BCUT2D eigenvalue weighted by Crippen LogP contribution is -2.22. The van der Waals surface area contributed by atoms with E-state index in [0.29, 0.717) is 30.4 Å². The molecule has 3 rings (SSSR count). The summed E-state index contributed by atoms with van der Waals surface area (Å²) in [6.45, 7) is 5.11. The maximum Gasteiger partial charge on any atom is 0.243 e. The van der Waals surface area contributed by atoms with Crippen LogP contribution >= 0.6 is 0 Å². The second-order valence-corrected chi connectivity index (χ2v) is 5.92. The summed E-state index contributed by atoms with van der Waals surface area (Å²) in [5.41, 5.74) is 1.45. The zero-order chi connectivity index (χ0) is 17.6. The van der Waals surface area contributed by atoms with Crippen LogP contribution in [0.5, 0.6) is 17.2 Å². The third kappa shape index (κ3) is 4.56. The van der Waals surface area contributed by atoms with Crippen LogP contribution in [0.3, 0.4) is 0 Å². The van der Waals surface area contributed by atoms with E-state index in [4.69, 9.17) is 14.2 Å². The molecule has 25 heavy (non-hydrogen) atoms. The highest BCUT2D eigenvalue weighted by Crippen LogP contribution is 2.32. The number of nitrogens with one attached hydrogen (secondary N) is 2. The molecule has 0 bridgehead atoms. The number of carbonyl (C=O) groups excluding carboxylic acids is 1. The van der Waals surface area contributed by atoms with Crippen LogP contribution in [0.4, 0.5) is 11.4 Å². The van der Waals surface area contributed by atoms with E-state index in [2.05, 4.69) is 10.6 Å². The summed E-state index contributed by atoms with van der Waals surface area (Å²) in [4.78, 5) is 12.2. The van der Waals surface area contributed by atoms with Crippen molar-refractivity contribution < 1.29 is 19.0 Å². The van der Waals surface area contributed by atoms with Gasteiger partial charge in [0.2, 0.25) is 5.91 Å². The van der Waals surface area contributed by atoms with Crippen LogP contribution in [0.25, 0.3) is 0 Å². The SMILES string of the molecule is CC(C)Oc1ccccc1NC(=O)CNc1ccc2c(c1)OCCO2. The monoisotopic (exact) mass is 342 g/mol. The fraction of sp³-hybridized carbons (Fsp3) is 0.316. The Kier molecular flexibility index (Phi) is 5.28. The number of anilines is 2. The number of para-hydroxylation sites is 2. The van der Waals surface area contributed by atoms with Gasteiger partial charge in [0.05, 0.1) is 18.3 Å².